The molecule has 710 valence electrons. The highest BCUT2D eigenvalue weighted by atomic mass is 16.7. The van der Waals surface area contributed by atoms with E-state index in [0.29, 0.717) is 93.9 Å². The zero-order chi connectivity index (χ0) is 97.2. The molecule has 0 aliphatic carbocycles. The van der Waals surface area contributed by atoms with Crippen molar-refractivity contribution < 1.29 is 57.1 Å². The fourth-order valence-electron chi connectivity index (χ4n) is 19.9. The molecule has 2 aromatic heterocycles. The number of hydrogen-bond acceptors (Lipinski definition) is 18. The third-order valence-electron chi connectivity index (χ3n) is 27.6. The van der Waals surface area contributed by atoms with Crippen molar-refractivity contribution in [3.63, 3.8) is 0 Å². The van der Waals surface area contributed by atoms with E-state index in [9.17, 15) is 19.2 Å². The number of piperidine rings is 2. The van der Waals surface area contributed by atoms with Gasteiger partial charge in [-0.15, -0.1) is 0 Å². The van der Waals surface area contributed by atoms with E-state index in [1.807, 2.05) is 102 Å². The van der Waals surface area contributed by atoms with E-state index < -0.39 is 40.3 Å². The minimum absolute atomic E-state index is 0.280. The molecular formula is C122H120N6O12. The first-order chi connectivity index (χ1) is 68.1. The normalized spacial score (nSPS) is 16.4. The van der Waals surface area contributed by atoms with Gasteiger partial charge in [0.15, 0.2) is 22.9 Å². The Morgan fingerprint density at radius 1 is 0.436 bits per heavy atom. The van der Waals surface area contributed by atoms with Crippen molar-refractivity contribution in [2.75, 3.05) is 49.2 Å². The second-order valence-corrected chi connectivity index (χ2v) is 38.1. The molecular weight excluding hydrogens is 1740 g/mol. The third-order valence-corrected chi connectivity index (χ3v) is 27.6. The predicted molar refractivity (Wildman–Crippen MR) is 565 cm³/mol. The number of allylic oxidation sites excluding steroid dienone is 2. The van der Waals surface area contributed by atoms with Gasteiger partial charge < -0.3 is 47.7 Å². The van der Waals surface area contributed by atoms with Crippen LogP contribution in [0.25, 0.3) is 121 Å². The highest BCUT2D eigenvalue weighted by Crippen LogP contribution is 2.51. The van der Waals surface area contributed by atoms with Crippen molar-refractivity contribution in [1.29, 1.82) is 0 Å². The number of carbonyl (C=O) groups is 4. The lowest BCUT2D eigenvalue weighted by Gasteiger charge is -2.37. The van der Waals surface area contributed by atoms with Crippen LogP contribution >= 0.6 is 0 Å². The Balaban J connectivity index is 0.000000171. The van der Waals surface area contributed by atoms with Crippen LogP contribution in [-0.4, -0.2) is 89.5 Å². The molecule has 0 spiro atoms. The van der Waals surface area contributed by atoms with Crippen molar-refractivity contribution in [1.82, 2.24) is 19.9 Å². The Morgan fingerprint density at radius 3 is 1.32 bits per heavy atom. The Labute approximate surface area is 818 Å². The van der Waals surface area contributed by atoms with Crippen molar-refractivity contribution in [2.24, 2.45) is 10.8 Å². The maximum absolute atomic E-state index is 13.6. The molecule has 16 aromatic rings. The van der Waals surface area contributed by atoms with Gasteiger partial charge in [-0.3, -0.25) is 9.59 Å². The minimum Gasteiger partial charge on any atom is -0.473 e. The monoisotopic (exact) mass is 1860 g/mol. The van der Waals surface area contributed by atoms with Crippen LogP contribution in [0.3, 0.4) is 0 Å². The zero-order valence-corrected chi connectivity index (χ0v) is 81.4. The number of carbonyl (C=O) groups excluding carboxylic acids is 4. The summed E-state index contributed by atoms with van der Waals surface area (Å²) in [5, 5.41) is 15.3. The van der Waals surface area contributed by atoms with Crippen molar-refractivity contribution >= 4 is 134 Å². The molecule has 2 fully saturated rings. The summed E-state index contributed by atoms with van der Waals surface area (Å²) in [4.78, 5) is 76.0. The number of aromatic nitrogens is 4. The van der Waals surface area contributed by atoms with E-state index in [4.69, 9.17) is 57.8 Å². The van der Waals surface area contributed by atoms with Gasteiger partial charge in [-0.25, -0.2) is 19.6 Å². The fraction of sp³-hybridized carbons (Fsp3) is 0.279. The first-order valence-corrected chi connectivity index (χ1v) is 49.4. The van der Waals surface area contributed by atoms with E-state index in [-0.39, 0.29) is 18.4 Å². The number of unbranched alkanes of at least 4 members (excludes halogenated alkanes) is 2. The number of hydrogen-bond donors (Lipinski definition) is 0. The van der Waals surface area contributed by atoms with Crippen LogP contribution in [0.2, 0.25) is 0 Å². The number of esters is 4. The first kappa shape index (κ1) is 95.3. The molecule has 20 rings (SSSR count). The van der Waals surface area contributed by atoms with Crippen molar-refractivity contribution in [3.8, 4) is 46.0 Å². The van der Waals surface area contributed by atoms with E-state index in [2.05, 4.69) is 236 Å². The van der Waals surface area contributed by atoms with Crippen LogP contribution in [0.15, 0.2) is 304 Å². The number of fused-ring (bicyclic) bond motifs is 6. The summed E-state index contributed by atoms with van der Waals surface area (Å²) in [6.45, 7) is 29.2. The Kier molecular flexibility index (Phi) is 28.4. The summed E-state index contributed by atoms with van der Waals surface area (Å²) < 4.78 is 49.6. The summed E-state index contributed by atoms with van der Waals surface area (Å²) in [5.41, 5.74) is 8.43. The molecule has 4 unspecified atom stereocenters. The van der Waals surface area contributed by atoms with E-state index in [0.717, 1.165) is 124 Å². The highest BCUT2D eigenvalue weighted by molar-refractivity contribution is 6.27. The average molecular weight is 1860 g/mol. The van der Waals surface area contributed by atoms with Gasteiger partial charge in [0, 0.05) is 99.6 Å². The van der Waals surface area contributed by atoms with Gasteiger partial charge in [0.1, 0.15) is 11.5 Å². The van der Waals surface area contributed by atoms with Crippen LogP contribution in [0.1, 0.15) is 186 Å². The maximum atomic E-state index is 13.6. The lowest BCUT2D eigenvalue weighted by Crippen LogP contribution is -2.38. The maximum Gasteiger partial charge on any atom is 0.336 e. The Hall–Kier alpha value is -15.0. The number of anilines is 2. The summed E-state index contributed by atoms with van der Waals surface area (Å²) in [6.07, 6.45) is 26.8. The number of nitrogens with zero attached hydrogens (tertiary/aromatic N) is 6. The summed E-state index contributed by atoms with van der Waals surface area (Å²) in [5.74, 6) is 1.48. The van der Waals surface area contributed by atoms with Gasteiger partial charge in [0.25, 0.3) is 0 Å². The fourth-order valence-corrected chi connectivity index (χ4v) is 19.9. The van der Waals surface area contributed by atoms with Crippen LogP contribution in [0, 0.1) is 10.8 Å². The van der Waals surface area contributed by atoms with Gasteiger partial charge in [0.2, 0.25) is 18.1 Å². The molecule has 2 saturated heterocycles. The highest BCUT2D eigenvalue weighted by Gasteiger charge is 2.44. The molecule has 0 bridgehead atoms. The second kappa shape index (κ2) is 41.7. The predicted octanol–water partition coefficient (Wildman–Crippen LogP) is 28.7. The molecule has 0 radical (unpaired) electrons. The molecule has 4 aliphatic heterocycles. The van der Waals surface area contributed by atoms with Gasteiger partial charge in [-0.05, 0) is 267 Å². The average Bonchev–Trinajstić information content (AvgIpc) is 0.731. The van der Waals surface area contributed by atoms with Crippen LogP contribution in [-0.2, 0) is 49.3 Å². The van der Waals surface area contributed by atoms with Crippen LogP contribution < -0.4 is 28.7 Å². The molecule has 4 atom stereocenters. The minimum atomic E-state index is -0.914. The van der Waals surface area contributed by atoms with Gasteiger partial charge in [-0.2, -0.15) is 9.97 Å². The molecule has 0 amide bonds. The SMILES string of the molecule is C=C(C)C(=O)OC(CCC)Oc1nc(-c2ccc3ccc4cccc5ccc2c3c45)nc2ccc3c(c12)C=CC(c1ccccc1)(c1ccc(N2CCCCC2)cc1)O3.C=C(C)C(=O)OCCCC.CCCCOC(=O)C(C)(C)CC(C)(CC)C(=O)O/C=C/C=C/Oc1nc(-c2ccc3ccc4cccc5ccc2c3c45)nc2ccc3c(c12)C=CC(c1ccccc1)(c1ccc(N2CCCCC2)cc1)O3. The molecule has 18 heteroatoms. The van der Waals surface area contributed by atoms with Crippen molar-refractivity contribution in [3.05, 3.63) is 337 Å². The largest absolute Gasteiger partial charge is 0.473 e. The smallest absolute Gasteiger partial charge is 0.336 e. The molecule has 6 heterocycles. The van der Waals surface area contributed by atoms with E-state index >= 15 is 0 Å². The van der Waals surface area contributed by atoms with Crippen LogP contribution in [0.5, 0.6) is 23.3 Å². The molecule has 140 heavy (non-hydrogen) atoms. The number of rotatable bonds is 30. The summed E-state index contributed by atoms with van der Waals surface area (Å²) in [7, 11) is 0. The second-order valence-electron chi connectivity index (χ2n) is 38.1. The molecule has 14 aromatic carbocycles. The number of ether oxygens (including phenoxy) is 8. The lowest BCUT2D eigenvalue weighted by molar-refractivity contribution is -0.161. The van der Waals surface area contributed by atoms with Gasteiger partial charge in [-0.1, -0.05) is 236 Å². The van der Waals surface area contributed by atoms with Crippen LogP contribution in [0.4, 0.5) is 11.4 Å². The Morgan fingerprint density at radius 2 is 0.864 bits per heavy atom. The van der Waals surface area contributed by atoms with Gasteiger partial charge >= 0.3 is 23.9 Å². The van der Waals surface area contributed by atoms with Gasteiger partial charge in [0.05, 0.1) is 58.4 Å². The lowest BCUT2D eigenvalue weighted by atomic mass is 9.72. The Bertz CT molecular complexity index is 7390. The quantitative estimate of drug-likeness (QED) is 0.00601. The molecule has 0 saturated carbocycles. The zero-order valence-electron chi connectivity index (χ0n) is 81.4. The topological polar surface area (TPSA) is 200 Å². The van der Waals surface area contributed by atoms with E-state index in [1.165, 1.54) is 106 Å². The molecule has 4 aliphatic rings. The summed E-state index contributed by atoms with van der Waals surface area (Å²) in [6, 6.07) is 84.9. The summed E-state index contributed by atoms with van der Waals surface area (Å²) >= 11 is 0. The molecule has 18 nitrogen and oxygen atoms in total. The van der Waals surface area contributed by atoms with E-state index in [1.54, 1.807) is 26.0 Å². The standard InChI is InChI=1S/C62H61N3O6.C52H45N3O4.C8H14O2/c1-6-8-38-69-58(66)60(3,4)41-61(5,7-2)59(67)70-40-16-15-39-68-57-55-50-34-35-62(45-20-11-9-12-21-45,46-26-28-47(29-27-46)65-36-13-10-14-37-65)71-52(50)33-32-51(55)63-56(64-57)49-31-25-44-23-22-42-18-17-19-43-24-30-48(49)54(44)53(42)43;1-4-12-45(58-51(56)33(2)3)57-50-48-42-29-30-52(37-15-7-5-8-16-37,38-21-23-39(24-22-38)55-31-9-6-10-32-55)59-44(42)28-27-43(48)53-49(54-50)41-26-20-36-18-17-34-13-11-14-35-19-25-40(41)47(36)46(34)35;1-4-5-6-10-8(9)7(2)3/h9,11-12,15-35,39-40H,6-8,10,13-14,36-38,41H2,1-5H3;5,7-8,11,13-30,45H,2,4,6,9-10,12,31-32H2,1,3H3;2,4-6H2,1,3H3/b39-15+,40-16+;;. The number of benzene rings is 14. The van der Waals surface area contributed by atoms with Crippen molar-refractivity contribution in [2.45, 2.75) is 170 Å². The third kappa shape index (κ3) is 19.5. The first-order valence-electron chi connectivity index (χ1n) is 49.4. The molecule has 0 N–H and O–H groups in total.